The zero-order chi connectivity index (χ0) is 13.1. The molecule has 0 fully saturated rings. The van der Waals surface area contributed by atoms with Crippen molar-refractivity contribution in [2.75, 3.05) is 46.1 Å². The molecule has 0 aromatic rings. The van der Waals surface area contributed by atoms with E-state index >= 15 is 0 Å². The van der Waals surface area contributed by atoms with Gasteiger partial charge in [-0.1, -0.05) is 6.92 Å². The second-order valence-corrected chi connectivity index (χ2v) is 4.68. The van der Waals surface area contributed by atoms with Crippen molar-refractivity contribution >= 4 is 0 Å². The first kappa shape index (κ1) is 16.8. The maximum absolute atomic E-state index is 6.20. The number of rotatable bonds is 11. The molecule has 0 aliphatic heterocycles. The standard InChI is InChI=1S/C13H30N2O2/c1-5-13(4,14)12-15(8-10-16-6-2)9-11-17-7-3/h5-12,14H2,1-4H3. The minimum absolute atomic E-state index is 0.127. The van der Waals surface area contributed by atoms with Crippen LogP contribution in [0.15, 0.2) is 0 Å². The molecular formula is C13H30N2O2. The van der Waals surface area contributed by atoms with Crippen molar-refractivity contribution in [3.05, 3.63) is 0 Å². The molecule has 0 radical (unpaired) electrons. The number of ether oxygens (including phenoxy) is 2. The van der Waals surface area contributed by atoms with E-state index in [4.69, 9.17) is 15.2 Å². The van der Waals surface area contributed by atoms with Crippen molar-refractivity contribution in [1.82, 2.24) is 4.90 Å². The average Bonchev–Trinajstić information content (AvgIpc) is 2.29. The molecule has 0 spiro atoms. The largest absolute Gasteiger partial charge is 0.380 e. The third kappa shape index (κ3) is 9.53. The smallest absolute Gasteiger partial charge is 0.0593 e. The van der Waals surface area contributed by atoms with Gasteiger partial charge in [0.05, 0.1) is 13.2 Å². The monoisotopic (exact) mass is 246 g/mol. The Balaban J connectivity index is 4.00. The van der Waals surface area contributed by atoms with E-state index in [9.17, 15) is 0 Å². The molecule has 4 heteroatoms. The number of nitrogens with zero attached hydrogens (tertiary/aromatic N) is 1. The van der Waals surface area contributed by atoms with Crippen LogP contribution >= 0.6 is 0 Å². The third-order valence-electron chi connectivity index (χ3n) is 2.90. The maximum Gasteiger partial charge on any atom is 0.0593 e. The SMILES string of the molecule is CCOCCN(CCOCC)CC(C)(N)CC. The molecule has 0 saturated heterocycles. The maximum atomic E-state index is 6.20. The van der Waals surface area contributed by atoms with Gasteiger partial charge in [0.25, 0.3) is 0 Å². The van der Waals surface area contributed by atoms with Crippen LogP contribution in [-0.2, 0) is 9.47 Å². The third-order valence-corrected chi connectivity index (χ3v) is 2.90. The molecule has 1 unspecified atom stereocenters. The van der Waals surface area contributed by atoms with E-state index in [1.807, 2.05) is 13.8 Å². The summed E-state index contributed by atoms with van der Waals surface area (Å²) in [6.45, 7) is 14.1. The average molecular weight is 246 g/mol. The zero-order valence-electron chi connectivity index (χ0n) is 12.0. The predicted octanol–water partition coefficient (Wildman–Crippen LogP) is 1.49. The lowest BCUT2D eigenvalue weighted by atomic mass is 10.00. The Kier molecular flexibility index (Phi) is 9.74. The highest BCUT2D eigenvalue weighted by molar-refractivity contribution is 4.81. The van der Waals surface area contributed by atoms with Gasteiger partial charge in [0.15, 0.2) is 0 Å². The minimum atomic E-state index is -0.127. The van der Waals surface area contributed by atoms with E-state index in [2.05, 4.69) is 18.7 Å². The molecule has 0 aliphatic rings. The first-order valence-corrected chi connectivity index (χ1v) is 6.72. The van der Waals surface area contributed by atoms with Gasteiger partial charge in [0.1, 0.15) is 0 Å². The van der Waals surface area contributed by atoms with Crippen molar-refractivity contribution in [3.63, 3.8) is 0 Å². The van der Waals surface area contributed by atoms with Crippen molar-refractivity contribution < 1.29 is 9.47 Å². The molecule has 0 amide bonds. The van der Waals surface area contributed by atoms with Crippen LogP contribution in [0.1, 0.15) is 34.1 Å². The van der Waals surface area contributed by atoms with Crippen LogP contribution in [0.5, 0.6) is 0 Å². The molecule has 0 aromatic heterocycles. The molecule has 104 valence electrons. The van der Waals surface area contributed by atoms with Gasteiger partial charge in [0.2, 0.25) is 0 Å². The van der Waals surface area contributed by atoms with Gasteiger partial charge in [-0.25, -0.2) is 0 Å². The fourth-order valence-corrected chi connectivity index (χ4v) is 1.57. The predicted molar refractivity (Wildman–Crippen MR) is 72.3 cm³/mol. The molecule has 17 heavy (non-hydrogen) atoms. The van der Waals surface area contributed by atoms with Crippen LogP contribution in [-0.4, -0.2) is 56.5 Å². The lowest BCUT2D eigenvalue weighted by Gasteiger charge is -2.31. The lowest BCUT2D eigenvalue weighted by Crippen LogP contribution is -2.49. The molecule has 0 rings (SSSR count). The Hall–Kier alpha value is -0.160. The molecule has 0 aliphatic carbocycles. The molecule has 0 bridgehead atoms. The summed E-state index contributed by atoms with van der Waals surface area (Å²) >= 11 is 0. The molecule has 0 aromatic carbocycles. The van der Waals surface area contributed by atoms with Gasteiger partial charge >= 0.3 is 0 Å². The van der Waals surface area contributed by atoms with Gasteiger partial charge in [-0.2, -0.15) is 0 Å². The summed E-state index contributed by atoms with van der Waals surface area (Å²) in [6, 6.07) is 0. The Morgan fingerprint density at radius 1 is 1.00 bits per heavy atom. The molecule has 4 nitrogen and oxygen atoms in total. The zero-order valence-corrected chi connectivity index (χ0v) is 12.0. The fraction of sp³-hybridized carbons (Fsp3) is 1.00. The van der Waals surface area contributed by atoms with Crippen LogP contribution in [0.4, 0.5) is 0 Å². The van der Waals surface area contributed by atoms with Gasteiger partial charge < -0.3 is 15.2 Å². The molecular weight excluding hydrogens is 216 g/mol. The quantitative estimate of drug-likeness (QED) is 0.561. The van der Waals surface area contributed by atoms with Crippen LogP contribution in [0, 0.1) is 0 Å². The first-order valence-electron chi connectivity index (χ1n) is 6.72. The Bertz CT molecular complexity index is 165. The van der Waals surface area contributed by atoms with Crippen LogP contribution in [0.2, 0.25) is 0 Å². The van der Waals surface area contributed by atoms with Crippen molar-refractivity contribution in [2.24, 2.45) is 5.73 Å². The normalized spacial score (nSPS) is 15.2. The summed E-state index contributed by atoms with van der Waals surface area (Å²) < 4.78 is 10.8. The van der Waals surface area contributed by atoms with E-state index in [-0.39, 0.29) is 5.54 Å². The highest BCUT2D eigenvalue weighted by Crippen LogP contribution is 2.07. The van der Waals surface area contributed by atoms with Crippen molar-refractivity contribution in [2.45, 2.75) is 39.7 Å². The highest BCUT2D eigenvalue weighted by atomic mass is 16.5. The lowest BCUT2D eigenvalue weighted by molar-refractivity contribution is 0.0733. The van der Waals surface area contributed by atoms with E-state index in [1.165, 1.54) is 0 Å². The summed E-state index contributed by atoms with van der Waals surface area (Å²) in [7, 11) is 0. The van der Waals surface area contributed by atoms with E-state index < -0.39 is 0 Å². The highest BCUT2D eigenvalue weighted by Gasteiger charge is 2.19. The summed E-state index contributed by atoms with van der Waals surface area (Å²) in [5.74, 6) is 0. The van der Waals surface area contributed by atoms with Crippen LogP contribution < -0.4 is 5.73 Å². The fourth-order valence-electron chi connectivity index (χ4n) is 1.57. The molecule has 0 heterocycles. The minimum Gasteiger partial charge on any atom is -0.380 e. The van der Waals surface area contributed by atoms with Gasteiger partial charge in [0, 0.05) is 38.4 Å². The van der Waals surface area contributed by atoms with E-state index in [1.54, 1.807) is 0 Å². The van der Waals surface area contributed by atoms with E-state index in [0.29, 0.717) is 0 Å². The summed E-state index contributed by atoms with van der Waals surface area (Å²) in [5, 5.41) is 0. The summed E-state index contributed by atoms with van der Waals surface area (Å²) in [4.78, 5) is 2.33. The number of hydrogen-bond acceptors (Lipinski definition) is 4. The van der Waals surface area contributed by atoms with E-state index in [0.717, 1.165) is 52.5 Å². The Labute approximate surface area is 106 Å². The van der Waals surface area contributed by atoms with Gasteiger partial charge in [-0.3, -0.25) is 4.90 Å². The Morgan fingerprint density at radius 3 is 1.82 bits per heavy atom. The first-order chi connectivity index (χ1) is 8.05. The van der Waals surface area contributed by atoms with Crippen LogP contribution in [0.3, 0.4) is 0 Å². The van der Waals surface area contributed by atoms with Crippen LogP contribution in [0.25, 0.3) is 0 Å². The number of nitrogens with two attached hydrogens (primary N) is 1. The van der Waals surface area contributed by atoms with Crippen molar-refractivity contribution in [3.8, 4) is 0 Å². The second-order valence-electron chi connectivity index (χ2n) is 4.68. The van der Waals surface area contributed by atoms with Gasteiger partial charge in [-0.15, -0.1) is 0 Å². The molecule has 0 saturated carbocycles. The topological polar surface area (TPSA) is 47.7 Å². The summed E-state index contributed by atoms with van der Waals surface area (Å²) in [6.07, 6.45) is 0.979. The Morgan fingerprint density at radius 2 is 1.47 bits per heavy atom. The summed E-state index contributed by atoms with van der Waals surface area (Å²) in [5.41, 5.74) is 6.08. The molecule has 1 atom stereocenters. The second kappa shape index (κ2) is 9.83. The van der Waals surface area contributed by atoms with Gasteiger partial charge in [-0.05, 0) is 27.2 Å². The van der Waals surface area contributed by atoms with Crippen molar-refractivity contribution in [1.29, 1.82) is 0 Å². The molecule has 2 N–H and O–H groups in total. The number of hydrogen-bond donors (Lipinski definition) is 1.